The number of carbonyl (C=O) groups is 1. The van der Waals surface area contributed by atoms with Crippen molar-refractivity contribution < 1.29 is 14.3 Å². The van der Waals surface area contributed by atoms with Crippen molar-refractivity contribution in [1.82, 2.24) is 15.1 Å². The zero-order valence-electron chi connectivity index (χ0n) is 19.6. The van der Waals surface area contributed by atoms with E-state index < -0.39 is 0 Å². The lowest BCUT2D eigenvalue weighted by atomic mass is 9.99. The van der Waals surface area contributed by atoms with Gasteiger partial charge in [0.25, 0.3) is 0 Å². The Hall–Kier alpha value is -2.49. The van der Waals surface area contributed by atoms with E-state index in [0.717, 1.165) is 49.9 Å². The highest BCUT2D eigenvalue weighted by Crippen LogP contribution is 2.33. The van der Waals surface area contributed by atoms with Crippen LogP contribution in [0.5, 0.6) is 11.5 Å². The van der Waals surface area contributed by atoms with Crippen molar-refractivity contribution in [3.63, 3.8) is 0 Å². The van der Waals surface area contributed by atoms with Gasteiger partial charge in [-0.3, -0.25) is 9.79 Å². The minimum Gasteiger partial charge on any atom is -0.493 e. The number of likely N-dealkylation sites (tertiary alicyclic amines) is 1. The number of amides is 1. The molecule has 2 aliphatic heterocycles. The number of halogens is 1. The standard InChI is InChI=1S/C25H32N4O3.HI/c1-26-25(29-11-9-20-13-22(31-2)23(32-3)14-21(20)17-29)27-15-18-6-4-7-19(12-18)16-28-10-5-8-24(28)30;/h4,6-7,12-14H,5,8-11,15-17H2,1-3H3,(H,26,27);1H. The van der Waals surface area contributed by atoms with Crippen LogP contribution in [0.25, 0.3) is 0 Å². The van der Waals surface area contributed by atoms with Crippen LogP contribution in [0.15, 0.2) is 41.4 Å². The van der Waals surface area contributed by atoms with E-state index in [1.807, 2.05) is 11.9 Å². The molecular weight excluding hydrogens is 531 g/mol. The third-order valence-corrected chi connectivity index (χ3v) is 6.22. The molecule has 0 saturated carbocycles. The van der Waals surface area contributed by atoms with E-state index in [4.69, 9.17) is 9.47 Å². The average Bonchev–Trinajstić information content (AvgIpc) is 3.22. The van der Waals surface area contributed by atoms with Gasteiger partial charge in [0.2, 0.25) is 5.91 Å². The smallest absolute Gasteiger partial charge is 0.222 e. The molecule has 0 aromatic heterocycles. The second kappa shape index (κ2) is 11.6. The van der Waals surface area contributed by atoms with Gasteiger partial charge in [0.15, 0.2) is 17.5 Å². The van der Waals surface area contributed by atoms with E-state index in [9.17, 15) is 4.79 Å². The number of benzene rings is 2. The Labute approximate surface area is 213 Å². The van der Waals surface area contributed by atoms with Gasteiger partial charge >= 0.3 is 0 Å². The molecule has 0 radical (unpaired) electrons. The third-order valence-electron chi connectivity index (χ3n) is 6.22. The number of hydrogen-bond donors (Lipinski definition) is 1. The maximum Gasteiger partial charge on any atom is 0.222 e. The summed E-state index contributed by atoms with van der Waals surface area (Å²) < 4.78 is 10.9. The van der Waals surface area contributed by atoms with Crippen molar-refractivity contribution in [3.05, 3.63) is 58.7 Å². The second-order valence-corrected chi connectivity index (χ2v) is 8.29. The lowest BCUT2D eigenvalue weighted by Crippen LogP contribution is -2.43. The maximum absolute atomic E-state index is 11.9. The van der Waals surface area contributed by atoms with Crippen LogP contribution in [-0.2, 0) is 30.8 Å². The van der Waals surface area contributed by atoms with Crippen LogP contribution in [0.4, 0.5) is 0 Å². The average molecular weight is 564 g/mol. The summed E-state index contributed by atoms with van der Waals surface area (Å²) >= 11 is 0. The molecule has 2 aromatic carbocycles. The van der Waals surface area contributed by atoms with Crippen LogP contribution >= 0.6 is 24.0 Å². The lowest BCUT2D eigenvalue weighted by molar-refractivity contribution is -0.128. The number of ether oxygens (including phenoxy) is 2. The van der Waals surface area contributed by atoms with Crippen molar-refractivity contribution in [2.75, 3.05) is 34.4 Å². The highest BCUT2D eigenvalue weighted by Gasteiger charge is 2.22. The van der Waals surface area contributed by atoms with Crippen molar-refractivity contribution in [1.29, 1.82) is 0 Å². The van der Waals surface area contributed by atoms with Gasteiger partial charge in [-0.2, -0.15) is 0 Å². The molecule has 0 unspecified atom stereocenters. The molecule has 178 valence electrons. The minimum absolute atomic E-state index is 0. The highest BCUT2D eigenvalue weighted by molar-refractivity contribution is 14.0. The normalized spacial score (nSPS) is 15.7. The van der Waals surface area contributed by atoms with E-state index in [2.05, 4.69) is 51.6 Å². The monoisotopic (exact) mass is 564 g/mol. The molecule has 1 saturated heterocycles. The topological polar surface area (TPSA) is 66.4 Å². The summed E-state index contributed by atoms with van der Waals surface area (Å²) in [5.74, 6) is 2.67. The highest BCUT2D eigenvalue weighted by atomic mass is 127. The Kier molecular flexibility index (Phi) is 8.82. The van der Waals surface area contributed by atoms with Gasteiger partial charge in [0, 0.05) is 46.2 Å². The Balaban J connectivity index is 0.00000306. The number of fused-ring (bicyclic) bond motifs is 1. The van der Waals surface area contributed by atoms with Crippen LogP contribution in [0.3, 0.4) is 0 Å². The first-order valence-corrected chi connectivity index (χ1v) is 11.2. The Bertz CT molecular complexity index is 1010. The van der Waals surface area contributed by atoms with Gasteiger partial charge < -0.3 is 24.6 Å². The fourth-order valence-electron chi connectivity index (χ4n) is 4.51. The molecule has 2 aromatic rings. The van der Waals surface area contributed by atoms with Crippen LogP contribution in [0.2, 0.25) is 0 Å². The Morgan fingerprint density at radius 3 is 2.42 bits per heavy atom. The number of aliphatic imine (C=N–C) groups is 1. The fraction of sp³-hybridized carbons (Fsp3) is 0.440. The first-order chi connectivity index (χ1) is 15.6. The van der Waals surface area contributed by atoms with Gasteiger partial charge in [-0.25, -0.2) is 0 Å². The Morgan fingerprint density at radius 2 is 1.76 bits per heavy atom. The molecule has 4 rings (SSSR count). The molecule has 2 heterocycles. The summed E-state index contributed by atoms with van der Waals surface area (Å²) in [6, 6.07) is 12.6. The maximum atomic E-state index is 11.9. The Morgan fingerprint density at radius 1 is 1.03 bits per heavy atom. The van der Waals surface area contributed by atoms with E-state index in [1.165, 1.54) is 22.3 Å². The summed E-state index contributed by atoms with van der Waals surface area (Å²) in [7, 11) is 5.16. The van der Waals surface area contributed by atoms with Gasteiger partial charge in [-0.1, -0.05) is 24.3 Å². The second-order valence-electron chi connectivity index (χ2n) is 8.29. The zero-order chi connectivity index (χ0) is 22.5. The molecule has 1 amide bonds. The number of guanidine groups is 1. The molecule has 8 heteroatoms. The summed E-state index contributed by atoms with van der Waals surface area (Å²) in [5, 5.41) is 3.51. The van der Waals surface area contributed by atoms with Crippen LogP contribution in [-0.4, -0.2) is 56.0 Å². The summed E-state index contributed by atoms with van der Waals surface area (Å²) in [6.07, 6.45) is 2.57. The first-order valence-electron chi connectivity index (χ1n) is 11.2. The minimum atomic E-state index is 0. The van der Waals surface area contributed by atoms with Gasteiger partial charge in [0.05, 0.1) is 14.2 Å². The van der Waals surface area contributed by atoms with Gasteiger partial charge in [-0.05, 0) is 47.2 Å². The number of carbonyl (C=O) groups excluding carboxylic acids is 1. The summed E-state index contributed by atoms with van der Waals surface area (Å²) in [5.41, 5.74) is 4.87. The largest absolute Gasteiger partial charge is 0.493 e. The number of hydrogen-bond acceptors (Lipinski definition) is 4. The van der Waals surface area contributed by atoms with Crippen molar-refractivity contribution in [2.24, 2.45) is 4.99 Å². The number of nitrogens with one attached hydrogen (secondary N) is 1. The third kappa shape index (κ3) is 5.90. The molecule has 33 heavy (non-hydrogen) atoms. The van der Waals surface area contributed by atoms with Crippen molar-refractivity contribution in [3.8, 4) is 11.5 Å². The van der Waals surface area contributed by atoms with Gasteiger partial charge in [0.1, 0.15) is 0 Å². The molecule has 0 atom stereocenters. The summed E-state index contributed by atoms with van der Waals surface area (Å²) in [6.45, 7) is 3.89. The van der Waals surface area contributed by atoms with E-state index >= 15 is 0 Å². The van der Waals surface area contributed by atoms with Crippen molar-refractivity contribution in [2.45, 2.75) is 38.9 Å². The van der Waals surface area contributed by atoms with E-state index in [-0.39, 0.29) is 29.9 Å². The molecular formula is C25H33IN4O3. The SMILES string of the molecule is CN=C(NCc1cccc(CN2CCCC2=O)c1)N1CCc2cc(OC)c(OC)cc2C1.I. The fourth-order valence-corrected chi connectivity index (χ4v) is 4.51. The molecule has 1 fully saturated rings. The zero-order valence-corrected chi connectivity index (χ0v) is 21.9. The number of rotatable bonds is 6. The molecule has 1 N–H and O–H groups in total. The van der Waals surface area contributed by atoms with E-state index in [0.29, 0.717) is 19.5 Å². The van der Waals surface area contributed by atoms with Crippen LogP contribution in [0, 0.1) is 0 Å². The number of nitrogens with zero attached hydrogens (tertiary/aromatic N) is 3. The predicted molar refractivity (Wildman–Crippen MR) is 140 cm³/mol. The molecule has 0 aliphatic carbocycles. The number of methoxy groups -OCH3 is 2. The van der Waals surface area contributed by atoms with Crippen LogP contribution < -0.4 is 14.8 Å². The summed E-state index contributed by atoms with van der Waals surface area (Å²) in [4.78, 5) is 20.7. The van der Waals surface area contributed by atoms with E-state index in [1.54, 1.807) is 14.2 Å². The lowest BCUT2D eigenvalue weighted by Gasteiger charge is -2.32. The molecule has 2 aliphatic rings. The van der Waals surface area contributed by atoms with Crippen molar-refractivity contribution >= 4 is 35.8 Å². The molecule has 0 spiro atoms. The quantitative estimate of drug-likeness (QED) is 0.330. The van der Waals surface area contributed by atoms with Crippen LogP contribution in [0.1, 0.15) is 35.1 Å². The first kappa shape index (κ1) is 25.1. The predicted octanol–water partition coefficient (Wildman–Crippen LogP) is 3.58. The van der Waals surface area contributed by atoms with Gasteiger partial charge in [-0.15, -0.1) is 24.0 Å². The molecule has 0 bridgehead atoms. The molecule has 7 nitrogen and oxygen atoms in total.